The lowest BCUT2D eigenvalue weighted by molar-refractivity contribution is -0.113. The SMILES string of the molecule is O=C(CSc1nc2ccccc2c(=O)n1Cc1ccc2c(c1)OCO2)Nc1ccc(Br)cc1. The number of nitrogens with zero attached hydrogens (tertiary/aromatic N) is 2. The second-order valence-electron chi connectivity index (χ2n) is 7.33. The van der Waals surface area contributed by atoms with E-state index in [1.807, 2.05) is 54.6 Å². The number of hydrogen-bond donors (Lipinski definition) is 1. The first-order chi connectivity index (χ1) is 16.1. The summed E-state index contributed by atoms with van der Waals surface area (Å²) < 4.78 is 13.4. The number of benzene rings is 3. The molecule has 1 amide bonds. The Morgan fingerprint density at radius 3 is 2.70 bits per heavy atom. The molecule has 1 aliphatic heterocycles. The van der Waals surface area contributed by atoms with E-state index in [-0.39, 0.29) is 24.0 Å². The highest BCUT2D eigenvalue weighted by atomic mass is 79.9. The van der Waals surface area contributed by atoms with Crippen molar-refractivity contribution in [2.45, 2.75) is 11.7 Å². The molecular formula is C24H18BrN3O4S. The van der Waals surface area contributed by atoms with Gasteiger partial charge < -0.3 is 14.8 Å². The van der Waals surface area contributed by atoms with Crippen LogP contribution >= 0.6 is 27.7 Å². The van der Waals surface area contributed by atoms with Crippen LogP contribution in [0.25, 0.3) is 10.9 Å². The van der Waals surface area contributed by atoms with Crippen LogP contribution in [0, 0.1) is 0 Å². The highest BCUT2D eigenvalue weighted by Crippen LogP contribution is 2.33. The van der Waals surface area contributed by atoms with Crippen molar-refractivity contribution < 1.29 is 14.3 Å². The minimum Gasteiger partial charge on any atom is -0.454 e. The fraction of sp³-hybridized carbons (Fsp3) is 0.125. The van der Waals surface area contributed by atoms with Crippen molar-refractivity contribution in [1.82, 2.24) is 9.55 Å². The first-order valence-electron chi connectivity index (χ1n) is 10.1. The largest absolute Gasteiger partial charge is 0.454 e. The molecule has 0 radical (unpaired) electrons. The van der Waals surface area contributed by atoms with Crippen LogP contribution in [0.3, 0.4) is 0 Å². The Labute approximate surface area is 201 Å². The number of carbonyl (C=O) groups excluding carboxylic acids is 1. The minimum atomic E-state index is -0.181. The first-order valence-corrected chi connectivity index (χ1v) is 11.9. The number of anilines is 1. The van der Waals surface area contributed by atoms with Crippen LogP contribution < -0.4 is 20.3 Å². The van der Waals surface area contributed by atoms with Gasteiger partial charge in [0.15, 0.2) is 16.7 Å². The predicted octanol–water partition coefficient (Wildman–Crippen LogP) is 4.67. The molecule has 7 nitrogen and oxygen atoms in total. The Kier molecular flexibility index (Phi) is 6.06. The second-order valence-corrected chi connectivity index (χ2v) is 9.19. The molecule has 0 saturated carbocycles. The number of carbonyl (C=O) groups is 1. The molecule has 0 atom stereocenters. The van der Waals surface area contributed by atoms with Gasteiger partial charge in [-0.15, -0.1) is 0 Å². The number of fused-ring (bicyclic) bond motifs is 2. The highest BCUT2D eigenvalue weighted by Gasteiger charge is 2.17. The summed E-state index contributed by atoms with van der Waals surface area (Å²) in [6.45, 7) is 0.481. The summed E-state index contributed by atoms with van der Waals surface area (Å²) in [4.78, 5) is 30.5. The molecule has 0 saturated heterocycles. The highest BCUT2D eigenvalue weighted by molar-refractivity contribution is 9.10. The fourth-order valence-corrected chi connectivity index (χ4v) is 4.54. The maximum atomic E-state index is 13.3. The molecule has 0 fully saturated rings. The van der Waals surface area contributed by atoms with Crippen LogP contribution in [0.2, 0.25) is 0 Å². The summed E-state index contributed by atoms with van der Waals surface area (Å²) >= 11 is 4.60. The number of halogens is 1. The van der Waals surface area contributed by atoms with Gasteiger partial charge in [-0.05, 0) is 54.1 Å². The lowest BCUT2D eigenvalue weighted by Gasteiger charge is -2.14. The molecule has 9 heteroatoms. The van der Waals surface area contributed by atoms with Crippen molar-refractivity contribution in [2.24, 2.45) is 0 Å². The van der Waals surface area contributed by atoms with E-state index in [1.54, 1.807) is 16.7 Å². The van der Waals surface area contributed by atoms with E-state index in [0.29, 0.717) is 39.8 Å². The van der Waals surface area contributed by atoms with Gasteiger partial charge in [-0.3, -0.25) is 14.2 Å². The molecule has 0 bridgehead atoms. The van der Waals surface area contributed by atoms with Gasteiger partial charge >= 0.3 is 0 Å². The van der Waals surface area contributed by atoms with Gasteiger partial charge in [0.05, 0.1) is 23.2 Å². The molecule has 33 heavy (non-hydrogen) atoms. The van der Waals surface area contributed by atoms with Gasteiger partial charge in [0, 0.05) is 10.2 Å². The molecule has 0 aliphatic carbocycles. The Hall–Kier alpha value is -3.30. The van der Waals surface area contributed by atoms with Gasteiger partial charge in [0.2, 0.25) is 12.7 Å². The van der Waals surface area contributed by atoms with E-state index < -0.39 is 0 Å². The number of para-hydroxylation sites is 1. The Morgan fingerprint density at radius 2 is 1.85 bits per heavy atom. The predicted molar refractivity (Wildman–Crippen MR) is 131 cm³/mol. The third kappa shape index (κ3) is 4.74. The van der Waals surface area contributed by atoms with Crippen molar-refractivity contribution in [3.05, 3.63) is 87.1 Å². The lowest BCUT2D eigenvalue weighted by Crippen LogP contribution is -2.25. The van der Waals surface area contributed by atoms with Gasteiger partial charge in [-0.25, -0.2) is 4.98 Å². The summed E-state index contributed by atoms with van der Waals surface area (Å²) in [5.41, 5.74) is 2.02. The van der Waals surface area contributed by atoms with E-state index in [0.717, 1.165) is 10.0 Å². The number of thioether (sulfide) groups is 1. The van der Waals surface area contributed by atoms with Crippen molar-refractivity contribution >= 4 is 50.2 Å². The van der Waals surface area contributed by atoms with E-state index >= 15 is 0 Å². The number of ether oxygens (including phenoxy) is 2. The summed E-state index contributed by atoms with van der Waals surface area (Å²) in [7, 11) is 0. The maximum Gasteiger partial charge on any atom is 0.262 e. The van der Waals surface area contributed by atoms with Crippen LogP contribution in [-0.4, -0.2) is 28.0 Å². The van der Waals surface area contributed by atoms with E-state index in [9.17, 15) is 9.59 Å². The number of hydrogen-bond acceptors (Lipinski definition) is 6. The molecular weight excluding hydrogens is 506 g/mol. The van der Waals surface area contributed by atoms with Gasteiger partial charge in [0.25, 0.3) is 5.56 Å². The maximum absolute atomic E-state index is 13.3. The van der Waals surface area contributed by atoms with Crippen LogP contribution in [0.4, 0.5) is 5.69 Å². The van der Waals surface area contributed by atoms with E-state index in [2.05, 4.69) is 26.2 Å². The fourth-order valence-electron chi connectivity index (χ4n) is 3.48. The van der Waals surface area contributed by atoms with Crippen molar-refractivity contribution in [3.63, 3.8) is 0 Å². The van der Waals surface area contributed by atoms with Crippen molar-refractivity contribution in [3.8, 4) is 11.5 Å². The second kappa shape index (κ2) is 9.29. The number of rotatable bonds is 6. The van der Waals surface area contributed by atoms with Crippen molar-refractivity contribution in [2.75, 3.05) is 17.9 Å². The molecule has 1 N–H and O–H groups in total. The third-order valence-electron chi connectivity index (χ3n) is 5.06. The zero-order valence-electron chi connectivity index (χ0n) is 17.3. The molecule has 0 unspecified atom stereocenters. The summed E-state index contributed by atoms with van der Waals surface area (Å²) in [6, 6.07) is 20.1. The molecule has 166 valence electrons. The van der Waals surface area contributed by atoms with Crippen LogP contribution in [0.15, 0.2) is 81.2 Å². The number of amides is 1. The summed E-state index contributed by atoms with van der Waals surface area (Å²) in [5.74, 6) is 1.26. The molecule has 4 aromatic rings. The van der Waals surface area contributed by atoms with Crippen LogP contribution in [0.1, 0.15) is 5.56 Å². The van der Waals surface area contributed by atoms with E-state index in [1.165, 1.54) is 11.8 Å². The Balaban J connectivity index is 1.42. The number of aromatic nitrogens is 2. The lowest BCUT2D eigenvalue weighted by atomic mass is 10.2. The third-order valence-corrected chi connectivity index (χ3v) is 6.57. The standard InChI is InChI=1S/C24H18BrN3O4S/c25-16-6-8-17(9-7-16)26-22(29)13-33-24-27-19-4-2-1-3-18(19)23(30)28(24)12-15-5-10-20-21(11-15)32-14-31-20/h1-11H,12-14H2,(H,26,29). The van der Waals surface area contributed by atoms with Crippen molar-refractivity contribution in [1.29, 1.82) is 0 Å². The Morgan fingerprint density at radius 1 is 1.06 bits per heavy atom. The summed E-state index contributed by atoms with van der Waals surface area (Å²) in [6.07, 6.45) is 0. The molecule has 0 spiro atoms. The minimum absolute atomic E-state index is 0.113. The summed E-state index contributed by atoms with van der Waals surface area (Å²) in [5, 5.41) is 3.87. The smallest absolute Gasteiger partial charge is 0.262 e. The van der Waals surface area contributed by atoms with Gasteiger partial charge in [0.1, 0.15) is 0 Å². The zero-order valence-corrected chi connectivity index (χ0v) is 19.7. The monoisotopic (exact) mass is 523 g/mol. The van der Waals surface area contributed by atoms with Crippen LogP contribution in [-0.2, 0) is 11.3 Å². The average Bonchev–Trinajstić information content (AvgIpc) is 3.29. The van der Waals surface area contributed by atoms with Gasteiger partial charge in [-0.1, -0.05) is 45.9 Å². The normalized spacial score (nSPS) is 12.2. The molecule has 1 aliphatic rings. The molecule has 2 heterocycles. The Bertz CT molecular complexity index is 1410. The topological polar surface area (TPSA) is 82.5 Å². The van der Waals surface area contributed by atoms with E-state index in [4.69, 9.17) is 9.47 Å². The first kappa shape index (κ1) is 21.5. The number of nitrogens with one attached hydrogen (secondary N) is 1. The molecule has 5 rings (SSSR count). The average molecular weight is 524 g/mol. The zero-order chi connectivity index (χ0) is 22.8. The quantitative estimate of drug-likeness (QED) is 0.292. The molecule has 3 aromatic carbocycles. The molecule has 1 aromatic heterocycles. The van der Waals surface area contributed by atoms with Crippen LogP contribution in [0.5, 0.6) is 11.5 Å². The van der Waals surface area contributed by atoms with Gasteiger partial charge in [-0.2, -0.15) is 0 Å².